The highest BCUT2D eigenvalue weighted by Gasteiger charge is 2.38. The standard InChI is InChI=1S/C22H25NO3/c1-17-6-9-21(26-16-25-2)20(15-17)22(24)12-4-3-5-19(22)8-7-18-10-13-23-14-11-18/h3-6,9-15,19,24H,7-8,16H2,1-2H3. The zero-order valence-corrected chi connectivity index (χ0v) is 15.3. The van der Waals surface area contributed by atoms with E-state index in [1.54, 1.807) is 19.5 Å². The van der Waals surface area contributed by atoms with Crippen molar-refractivity contribution in [2.75, 3.05) is 13.9 Å². The van der Waals surface area contributed by atoms with Crippen LogP contribution >= 0.6 is 0 Å². The third-order valence-corrected chi connectivity index (χ3v) is 4.76. The molecule has 2 atom stereocenters. The summed E-state index contributed by atoms with van der Waals surface area (Å²) in [6.07, 6.45) is 13.1. The number of methoxy groups -OCH3 is 1. The fraction of sp³-hybridized carbons (Fsp3) is 0.318. The molecule has 0 spiro atoms. The number of nitrogens with zero attached hydrogens (tertiary/aromatic N) is 1. The molecule has 3 rings (SSSR count). The van der Waals surface area contributed by atoms with E-state index >= 15 is 0 Å². The highest BCUT2D eigenvalue weighted by atomic mass is 16.7. The molecule has 2 unspecified atom stereocenters. The number of aromatic nitrogens is 1. The van der Waals surface area contributed by atoms with Crippen molar-refractivity contribution < 1.29 is 14.6 Å². The zero-order chi connectivity index (χ0) is 18.4. The van der Waals surface area contributed by atoms with Crippen molar-refractivity contribution in [3.05, 3.63) is 83.7 Å². The first-order valence-corrected chi connectivity index (χ1v) is 8.83. The summed E-state index contributed by atoms with van der Waals surface area (Å²) in [4.78, 5) is 4.06. The van der Waals surface area contributed by atoms with Gasteiger partial charge < -0.3 is 14.6 Å². The average Bonchev–Trinajstić information content (AvgIpc) is 2.67. The number of aryl methyl sites for hydroxylation is 2. The van der Waals surface area contributed by atoms with Gasteiger partial charge in [-0.05, 0) is 55.7 Å². The molecule has 4 nitrogen and oxygen atoms in total. The summed E-state index contributed by atoms with van der Waals surface area (Å²) < 4.78 is 10.8. The molecular weight excluding hydrogens is 326 g/mol. The summed E-state index contributed by atoms with van der Waals surface area (Å²) >= 11 is 0. The van der Waals surface area contributed by atoms with Gasteiger partial charge in [0, 0.05) is 31.0 Å². The van der Waals surface area contributed by atoms with E-state index < -0.39 is 5.60 Å². The zero-order valence-electron chi connectivity index (χ0n) is 15.3. The molecule has 0 bridgehead atoms. The molecule has 1 aliphatic rings. The summed E-state index contributed by atoms with van der Waals surface area (Å²) in [7, 11) is 1.59. The van der Waals surface area contributed by atoms with Gasteiger partial charge in [0.2, 0.25) is 0 Å². The molecule has 1 heterocycles. The second-order valence-corrected chi connectivity index (χ2v) is 6.62. The van der Waals surface area contributed by atoms with Crippen LogP contribution in [0.5, 0.6) is 5.75 Å². The van der Waals surface area contributed by atoms with Gasteiger partial charge in [-0.1, -0.05) is 29.9 Å². The summed E-state index contributed by atoms with van der Waals surface area (Å²) in [5.41, 5.74) is 1.95. The van der Waals surface area contributed by atoms with Gasteiger partial charge in [-0.25, -0.2) is 0 Å². The van der Waals surface area contributed by atoms with Crippen molar-refractivity contribution in [2.24, 2.45) is 5.92 Å². The third kappa shape index (κ3) is 4.03. The number of rotatable bonds is 7. The number of benzene rings is 1. The summed E-state index contributed by atoms with van der Waals surface area (Å²) in [6, 6.07) is 9.90. The Kier molecular flexibility index (Phi) is 5.86. The van der Waals surface area contributed by atoms with Gasteiger partial charge in [0.15, 0.2) is 6.79 Å². The number of aliphatic hydroxyl groups is 1. The van der Waals surface area contributed by atoms with E-state index in [0.717, 1.165) is 24.0 Å². The van der Waals surface area contributed by atoms with Gasteiger partial charge in [-0.2, -0.15) is 0 Å². The van der Waals surface area contributed by atoms with Crippen molar-refractivity contribution in [3.8, 4) is 5.75 Å². The molecule has 26 heavy (non-hydrogen) atoms. The quantitative estimate of drug-likeness (QED) is 0.768. The highest BCUT2D eigenvalue weighted by molar-refractivity contribution is 5.46. The van der Waals surface area contributed by atoms with Crippen molar-refractivity contribution in [3.63, 3.8) is 0 Å². The Balaban J connectivity index is 1.89. The summed E-state index contributed by atoms with van der Waals surface area (Å²) in [5, 5.41) is 11.6. The predicted octanol–water partition coefficient (Wildman–Crippen LogP) is 3.94. The second kappa shape index (κ2) is 8.30. The van der Waals surface area contributed by atoms with E-state index in [9.17, 15) is 5.11 Å². The van der Waals surface area contributed by atoms with Crippen molar-refractivity contribution >= 4 is 0 Å². The van der Waals surface area contributed by atoms with Crippen LogP contribution in [0, 0.1) is 12.8 Å². The first kappa shape index (κ1) is 18.4. The van der Waals surface area contributed by atoms with Crippen LogP contribution in [0.15, 0.2) is 67.0 Å². The molecule has 0 fully saturated rings. The van der Waals surface area contributed by atoms with Crippen LogP contribution in [0.3, 0.4) is 0 Å². The molecule has 1 aromatic carbocycles. The van der Waals surface area contributed by atoms with Gasteiger partial charge in [-0.15, -0.1) is 0 Å². The molecule has 0 amide bonds. The SMILES string of the molecule is COCOc1ccc(C)cc1C1(O)C=CC=CC1CCc1ccncc1. The summed E-state index contributed by atoms with van der Waals surface area (Å²) in [6.45, 7) is 2.16. The average molecular weight is 351 g/mol. The topological polar surface area (TPSA) is 51.6 Å². The molecule has 2 aromatic rings. The molecule has 4 heteroatoms. The Morgan fingerprint density at radius 2 is 1.96 bits per heavy atom. The first-order valence-electron chi connectivity index (χ1n) is 8.83. The van der Waals surface area contributed by atoms with Gasteiger partial charge in [-0.3, -0.25) is 4.98 Å². The maximum absolute atomic E-state index is 11.6. The van der Waals surface area contributed by atoms with Crippen LogP contribution in [-0.4, -0.2) is 24.0 Å². The lowest BCUT2D eigenvalue weighted by molar-refractivity contribution is 0.0235. The van der Waals surface area contributed by atoms with Crippen LogP contribution < -0.4 is 4.74 Å². The van der Waals surface area contributed by atoms with E-state index in [1.165, 1.54) is 5.56 Å². The van der Waals surface area contributed by atoms with Gasteiger partial charge >= 0.3 is 0 Å². The van der Waals surface area contributed by atoms with Crippen molar-refractivity contribution in [1.82, 2.24) is 4.98 Å². The predicted molar refractivity (Wildman–Crippen MR) is 102 cm³/mol. The molecule has 0 radical (unpaired) electrons. The first-order chi connectivity index (χ1) is 12.6. The van der Waals surface area contributed by atoms with E-state index in [4.69, 9.17) is 9.47 Å². The fourth-order valence-electron chi connectivity index (χ4n) is 3.35. The summed E-state index contributed by atoms with van der Waals surface area (Å²) in [5.74, 6) is 0.598. The van der Waals surface area contributed by atoms with Crippen LogP contribution in [-0.2, 0) is 16.8 Å². The molecule has 0 saturated carbocycles. The molecule has 1 aliphatic carbocycles. The van der Waals surface area contributed by atoms with Crippen LogP contribution in [0.1, 0.15) is 23.1 Å². The van der Waals surface area contributed by atoms with Crippen LogP contribution in [0.2, 0.25) is 0 Å². The van der Waals surface area contributed by atoms with Gasteiger partial charge in [0.05, 0.1) is 0 Å². The Hall–Kier alpha value is -2.43. The largest absolute Gasteiger partial charge is 0.467 e. The van der Waals surface area contributed by atoms with E-state index in [2.05, 4.69) is 11.1 Å². The normalized spacial score (nSPS) is 21.7. The van der Waals surface area contributed by atoms with Crippen LogP contribution in [0.25, 0.3) is 0 Å². The molecular formula is C22H25NO3. The minimum Gasteiger partial charge on any atom is -0.467 e. The molecule has 136 valence electrons. The lowest BCUT2D eigenvalue weighted by Gasteiger charge is -2.35. The van der Waals surface area contributed by atoms with Crippen molar-refractivity contribution in [2.45, 2.75) is 25.4 Å². The van der Waals surface area contributed by atoms with E-state index in [1.807, 2.05) is 55.5 Å². The minimum atomic E-state index is -1.11. The number of pyridine rings is 1. The van der Waals surface area contributed by atoms with Crippen LogP contribution in [0.4, 0.5) is 0 Å². The van der Waals surface area contributed by atoms with Crippen molar-refractivity contribution in [1.29, 1.82) is 0 Å². The van der Waals surface area contributed by atoms with Gasteiger partial charge in [0.1, 0.15) is 11.4 Å². The molecule has 1 aromatic heterocycles. The Bertz CT molecular complexity index is 785. The Morgan fingerprint density at radius 3 is 2.73 bits per heavy atom. The van der Waals surface area contributed by atoms with E-state index in [0.29, 0.717) is 5.75 Å². The lowest BCUT2D eigenvalue weighted by atomic mass is 9.75. The monoisotopic (exact) mass is 351 g/mol. The highest BCUT2D eigenvalue weighted by Crippen LogP contribution is 2.42. The minimum absolute atomic E-state index is 0.0487. The second-order valence-electron chi connectivity index (χ2n) is 6.62. The molecule has 0 saturated heterocycles. The number of hydrogen-bond donors (Lipinski definition) is 1. The number of allylic oxidation sites excluding steroid dienone is 2. The Labute approximate surface area is 154 Å². The lowest BCUT2D eigenvalue weighted by Crippen LogP contribution is -2.34. The third-order valence-electron chi connectivity index (χ3n) is 4.76. The van der Waals surface area contributed by atoms with E-state index in [-0.39, 0.29) is 12.7 Å². The maximum Gasteiger partial charge on any atom is 0.188 e. The Morgan fingerprint density at radius 1 is 1.15 bits per heavy atom. The molecule has 0 aliphatic heterocycles. The molecule has 1 N–H and O–H groups in total. The maximum atomic E-state index is 11.6. The number of hydrogen-bond acceptors (Lipinski definition) is 4. The van der Waals surface area contributed by atoms with Gasteiger partial charge in [0.25, 0.3) is 0 Å². The fourth-order valence-corrected chi connectivity index (χ4v) is 3.35. The smallest absolute Gasteiger partial charge is 0.188 e. The number of ether oxygens (including phenoxy) is 2.